The molecular formula is C8H16N2O5S. The van der Waals surface area contributed by atoms with Gasteiger partial charge in [0.25, 0.3) is 0 Å². The Morgan fingerprint density at radius 2 is 1.88 bits per heavy atom. The summed E-state index contributed by atoms with van der Waals surface area (Å²) < 4.78 is 19.0. The molecule has 8 heteroatoms. The second kappa shape index (κ2) is 5.80. The van der Waals surface area contributed by atoms with Crippen molar-refractivity contribution in [3.63, 3.8) is 0 Å². The molecule has 0 aromatic rings. The van der Waals surface area contributed by atoms with E-state index in [1.54, 1.807) is 0 Å². The first-order valence-electron chi connectivity index (χ1n) is 4.61. The van der Waals surface area contributed by atoms with Crippen LogP contribution in [-0.4, -0.2) is 43.9 Å². The van der Waals surface area contributed by atoms with Gasteiger partial charge < -0.3 is 15.9 Å². The summed E-state index contributed by atoms with van der Waals surface area (Å²) in [6.07, 6.45) is -0.0932. The van der Waals surface area contributed by atoms with E-state index in [4.69, 9.17) is 20.7 Å². The van der Waals surface area contributed by atoms with Gasteiger partial charge in [-0.05, 0) is 6.42 Å². The Kier molecular flexibility index (Phi) is 5.39. The summed E-state index contributed by atoms with van der Waals surface area (Å²) in [7, 11) is -3.08. The van der Waals surface area contributed by atoms with Crippen LogP contribution in [-0.2, 0) is 19.3 Å². The highest BCUT2D eigenvalue weighted by Gasteiger charge is 2.20. The Hall–Kier alpha value is -1.15. The van der Waals surface area contributed by atoms with Crippen LogP contribution in [0.5, 0.6) is 0 Å². The summed E-state index contributed by atoms with van der Waals surface area (Å²) in [4.78, 5) is 20.9. The molecule has 0 saturated heterocycles. The molecule has 0 aliphatic carbocycles. The highest BCUT2D eigenvalue weighted by Crippen LogP contribution is 2.05. The molecule has 5 N–H and O–H groups in total. The van der Waals surface area contributed by atoms with E-state index in [0.717, 1.165) is 0 Å². The van der Waals surface area contributed by atoms with Gasteiger partial charge in [-0.1, -0.05) is 6.92 Å². The third kappa shape index (κ3) is 5.66. The largest absolute Gasteiger partial charge is 0.481 e. The summed E-state index contributed by atoms with van der Waals surface area (Å²) >= 11 is 0. The number of hydrogen-bond donors (Lipinski definition) is 4. The van der Waals surface area contributed by atoms with Gasteiger partial charge in [-0.15, -0.1) is 0 Å². The maximum absolute atomic E-state index is 11.6. The van der Waals surface area contributed by atoms with Gasteiger partial charge in [0.05, 0.1) is 5.92 Å². The maximum atomic E-state index is 11.6. The zero-order valence-corrected chi connectivity index (χ0v) is 9.70. The van der Waals surface area contributed by atoms with Gasteiger partial charge in [-0.3, -0.25) is 14.4 Å². The fraction of sp³-hybridized carbons (Fsp3) is 0.750. The molecule has 0 spiro atoms. The Labute approximate surface area is 93.6 Å². The van der Waals surface area contributed by atoms with E-state index >= 15 is 0 Å². The Bertz CT molecular complexity index is 365. The smallest absolute Gasteiger partial charge is 0.320 e. The van der Waals surface area contributed by atoms with Gasteiger partial charge in [0.2, 0.25) is 0 Å². The number of hydrogen-bond acceptors (Lipinski definition) is 5. The predicted octanol–water partition coefficient (Wildman–Crippen LogP) is -0.444. The van der Waals surface area contributed by atoms with Gasteiger partial charge >= 0.3 is 11.9 Å². The van der Waals surface area contributed by atoms with Crippen LogP contribution >= 0.6 is 0 Å². The van der Waals surface area contributed by atoms with Crippen molar-refractivity contribution in [3.8, 4) is 0 Å². The molecule has 0 amide bonds. The third-order valence-corrected chi connectivity index (χ3v) is 3.95. The Morgan fingerprint density at radius 1 is 1.38 bits per heavy atom. The molecular weight excluding hydrogens is 236 g/mol. The number of carbonyl (C=O) groups is 2. The lowest BCUT2D eigenvalue weighted by Crippen LogP contribution is -2.33. The lowest BCUT2D eigenvalue weighted by atomic mass is 10.2. The van der Waals surface area contributed by atoms with Crippen molar-refractivity contribution in [2.24, 2.45) is 11.7 Å². The number of nitrogens with one attached hydrogen (secondary N) is 1. The molecule has 2 unspecified atom stereocenters. The SMILES string of the molecule is CC(CS(=N)(=O)CC[C@H](N)C(=O)O)C(=O)O. The molecule has 94 valence electrons. The summed E-state index contributed by atoms with van der Waals surface area (Å²) in [5.74, 6) is -3.71. The van der Waals surface area contributed by atoms with Gasteiger partial charge in [0, 0.05) is 21.2 Å². The van der Waals surface area contributed by atoms with Gasteiger partial charge in [-0.25, -0.2) is 4.21 Å². The van der Waals surface area contributed by atoms with Crippen molar-refractivity contribution in [2.75, 3.05) is 11.5 Å². The quantitative estimate of drug-likeness (QED) is 0.483. The molecule has 0 heterocycles. The lowest BCUT2D eigenvalue weighted by molar-refractivity contribution is -0.140. The fourth-order valence-corrected chi connectivity index (χ4v) is 2.75. The van der Waals surface area contributed by atoms with E-state index in [9.17, 15) is 13.8 Å². The van der Waals surface area contributed by atoms with E-state index in [2.05, 4.69) is 0 Å². The van der Waals surface area contributed by atoms with Crippen molar-refractivity contribution < 1.29 is 24.0 Å². The van der Waals surface area contributed by atoms with Crippen molar-refractivity contribution in [3.05, 3.63) is 0 Å². The standard InChI is InChI=1S/C8H16N2O5S/c1-5(7(11)12)4-16(10,15)3-2-6(9)8(13)14/h5-6,10H,2-4,9H2,1H3,(H,11,12)(H,13,14)/t5?,6-,16?/m0/s1. The Balaban J connectivity index is 4.27. The van der Waals surface area contributed by atoms with Gasteiger partial charge in [-0.2, -0.15) is 0 Å². The molecule has 7 nitrogen and oxygen atoms in total. The normalized spacial score (nSPS) is 18.4. The molecule has 0 radical (unpaired) electrons. The van der Waals surface area contributed by atoms with Crippen LogP contribution in [0.2, 0.25) is 0 Å². The minimum atomic E-state index is -3.08. The molecule has 0 aliphatic rings. The fourth-order valence-electron chi connectivity index (χ4n) is 0.999. The van der Waals surface area contributed by atoms with Crippen LogP contribution in [0.1, 0.15) is 13.3 Å². The van der Waals surface area contributed by atoms with Crippen molar-refractivity contribution in [2.45, 2.75) is 19.4 Å². The number of aliphatic carboxylic acids is 2. The van der Waals surface area contributed by atoms with Crippen LogP contribution in [0.15, 0.2) is 0 Å². The minimum absolute atomic E-state index is 0.0932. The van der Waals surface area contributed by atoms with Gasteiger partial charge in [0.1, 0.15) is 6.04 Å². The lowest BCUT2D eigenvalue weighted by Gasteiger charge is -2.11. The predicted molar refractivity (Wildman–Crippen MR) is 57.6 cm³/mol. The summed E-state index contributed by atoms with van der Waals surface area (Å²) in [6.45, 7) is 1.35. The number of carboxylic acids is 2. The van der Waals surface area contributed by atoms with E-state index in [1.165, 1.54) is 6.92 Å². The zero-order valence-electron chi connectivity index (χ0n) is 8.88. The molecule has 0 saturated carbocycles. The average Bonchev–Trinajstić information content (AvgIpc) is 2.13. The minimum Gasteiger partial charge on any atom is -0.481 e. The maximum Gasteiger partial charge on any atom is 0.320 e. The Morgan fingerprint density at radius 3 is 2.25 bits per heavy atom. The number of carboxylic acid groups (broad SMARTS) is 2. The van der Waals surface area contributed by atoms with Crippen LogP contribution in [0.4, 0.5) is 0 Å². The number of rotatable bonds is 7. The van der Waals surface area contributed by atoms with Crippen LogP contribution in [0.3, 0.4) is 0 Å². The van der Waals surface area contributed by atoms with Crippen LogP contribution < -0.4 is 5.73 Å². The van der Waals surface area contributed by atoms with Crippen LogP contribution in [0.25, 0.3) is 0 Å². The first-order valence-corrected chi connectivity index (χ1v) is 6.50. The molecule has 0 rings (SSSR count). The van der Waals surface area contributed by atoms with Crippen molar-refractivity contribution >= 4 is 21.7 Å². The highest BCUT2D eigenvalue weighted by atomic mass is 32.2. The first kappa shape index (κ1) is 14.8. The van der Waals surface area contributed by atoms with Crippen LogP contribution in [0, 0.1) is 10.7 Å². The second-order valence-electron chi connectivity index (χ2n) is 3.66. The molecule has 16 heavy (non-hydrogen) atoms. The van der Waals surface area contributed by atoms with E-state index in [-0.39, 0.29) is 17.9 Å². The van der Waals surface area contributed by atoms with Crippen molar-refractivity contribution in [1.29, 1.82) is 4.78 Å². The molecule has 3 atom stereocenters. The van der Waals surface area contributed by atoms with E-state index < -0.39 is 33.6 Å². The van der Waals surface area contributed by atoms with Gasteiger partial charge in [0.15, 0.2) is 0 Å². The second-order valence-corrected chi connectivity index (χ2v) is 6.02. The van der Waals surface area contributed by atoms with E-state index in [1.807, 2.05) is 0 Å². The molecule has 0 aromatic carbocycles. The molecule has 0 fully saturated rings. The summed E-state index contributed by atoms with van der Waals surface area (Å²) in [5.41, 5.74) is 5.19. The molecule has 0 aliphatic heterocycles. The topological polar surface area (TPSA) is 142 Å². The van der Waals surface area contributed by atoms with E-state index in [0.29, 0.717) is 0 Å². The first-order chi connectivity index (χ1) is 7.15. The average molecular weight is 252 g/mol. The van der Waals surface area contributed by atoms with Crippen molar-refractivity contribution in [1.82, 2.24) is 0 Å². The number of nitrogens with two attached hydrogens (primary N) is 1. The third-order valence-electron chi connectivity index (χ3n) is 2.02. The molecule has 0 bridgehead atoms. The summed E-state index contributed by atoms with van der Waals surface area (Å²) in [5, 5.41) is 17.1. The monoisotopic (exact) mass is 252 g/mol. The highest BCUT2D eigenvalue weighted by molar-refractivity contribution is 7.92. The molecule has 0 aromatic heterocycles. The summed E-state index contributed by atoms with van der Waals surface area (Å²) in [6, 6.07) is -1.16. The zero-order chi connectivity index (χ0) is 12.9.